The van der Waals surface area contributed by atoms with E-state index in [-0.39, 0.29) is 0 Å². The van der Waals surface area contributed by atoms with Gasteiger partial charge in [-0.15, -0.1) is 0 Å². The fourth-order valence-electron chi connectivity index (χ4n) is 1.97. The Balaban J connectivity index is 2.52. The van der Waals surface area contributed by atoms with E-state index in [0.717, 1.165) is 16.7 Å². The van der Waals surface area contributed by atoms with Crippen LogP contribution in [0.3, 0.4) is 0 Å². The number of aromatic carboxylic acids is 1. The molecule has 0 atom stereocenters. The van der Waals surface area contributed by atoms with Crippen molar-refractivity contribution in [1.29, 1.82) is 0 Å². The Morgan fingerprint density at radius 2 is 1.71 bits per heavy atom. The fourth-order valence-corrected chi connectivity index (χ4v) is 1.97. The summed E-state index contributed by atoms with van der Waals surface area (Å²) in [6.07, 6.45) is 0. The topological polar surface area (TPSA) is 37.3 Å². The zero-order valence-electron chi connectivity index (χ0n) is 9.90. The second-order valence-corrected chi connectivity index (χ2v) is 4.15. The Morgan fingerprint density at radius 1 is 1.00 bits per heavy atom. The summed E-state index contributed by atoms with van der Waals surface area (Å²) in [7, 11) is 0. The lowest BCUT2D eigenvalue weighted by atomic mass is 9.97. The van der Waals surface area contributed by atoms with Gasteiger partial charge in [0.25, 0.3) is 0 Å². The zero-order chi connectivity index (χ0) is 12.4. The molecule has 0 saturated heterocycles. The largest absolute Gasteiger partial charge is 0.478 e. The van der Waals surface area contributed by atoms with Crippen LogP contribution in [0.4, 0.5) is 0 Å². The van der Waals surface area contributed by atoms with Crippen molar-refractivity contribution in [2.75, 3.05) is 0 Å². The van der Waals surface area contributed by atoms with Gasteiger partial charge in [0.15, 0.2) is 0 Å². The highest BCUT2D eigenvalue weighted by Gasteiger charge is 2.08. The molecule has 0 aliphatic rings. The van der Waals surface area contributed by atoms with E-state index < -0.39 is 5.97 Å². The van der Waals surface area contributed by atoms with Crippen molar-refractivity contribution in [3.63, 3.8) is 0 Å². The van der Waals surface area contributed by atoms with E-state index in [1.165, 1.54) is 5.56 Å². The lowest BCUT2D eigenvalue weighted by Gasteiger charge is -2.08. The van der Waals surface area contributed by atoms with Crippen molar-refractivity contribution in [2.24, 2.45) is 0 Å². The standard InChI is InChI=1S/C15H14O2/c1-10-5-3-4-6-13(10)12-7-8-14(15(16)17)11(2)9-12/h3-9H,1-2H3,(H,16,17). The van der Waals surface area contributed by atoms with Crippen LogP contribution in [0.1, 0.15) is 21.5 Å². The minimum absolute atomic E-state index is 0.363. The molecular formula is C15H14O2. The molecule has 86 valence electrons. The van der Waals surface area contributed by atoms with Crippen LogP contribution < -0.4 is 0 Å². The number of hydrogen-bond donors (Lipinski definition) is 1. The molecule has 0 aromatic heterocycles. The van der Waals surface area contributed by atoms with E-state index in [9.17, 15) is 4.79 Å². The molecule has 17 heavy (non-hydrogen) atoms. The van der Waals surface area contributed by atoms with Crippen LogP contribution in [0.15, 0.2) is 42.5 Å². The van der Waals surface area contributed by atoms with Gasteiger partial charge < -0.3 is 5.11 Å². The Labute approximate surface area is 101 Å². The zero-order valence-corrected chi connectivity index (χ0v) is 9.90. The van der Waals surface area contributed by atoms with Gasteiger partial charge in [-0.2, -0.15) is 0 Å². The quantitative estimate of drug-likeness (QED) is 0.848. The third kappa shape index (κ3) is 2.21. The number of carboxylic acid groups (broad SMARTS) is 1. The molecule has 0 fully saturated rings. The van der Waals surface area contributed by atoms with Crippen LogP contribution in [-0.2, 0) is 0 Å². The second-order valence-electron chi connectivity index (χ2n) is 4.15. The minimum Gasteiger partial charge on any atom is -0.478 e. The second kappa shape index (κ2) is 4.42. The van der Waals surface area contributed by atoms with E-state index in [0.29, 0.717) is 5.56 Å². The van der Waals surface area contributed by atoms with Crippen molar-refractivity contribution in [3.05, 3.63) is 59.2 Å². The molecule has 0 aliphatic carbocycles. The summed E-state index contributed by atoms with van der Waals surface area (Å²) < 4.78 is 0. The van der Waals surface area contributed by atoms with Crippen LogP contribution in [-0.4, -0.2) is 11.1 Å². The average molecular weight is 226 g/mol. The van der Waals surface area contributed by atoms with Gasteiger partial charge in [0, 0.05) is 0 Å². The van der Waals surface area contributed by atoms with E-state index in [1.54, 1.807) is 6.07 Å². The maximum absolute atomic E-state index is 10.9. The van der Waals surface area contributed by atoms with Gasteiger partial charge in [0.2, 0.25) is 0 Å². The summed E-state index contributed by atoms with van der Waals surface area (Å²) in [5.41, 5.74) is 4.55. The SMILES string of the molecule is Cc1cc(-c2ccccc2C)ccc1C(=O)O. The number of rotatable bonds is 2. The Morgan fingerprint density at radius 3 is 2.29 bits per heavy atom. The average Bonchev–Trinajstić information content (AvgIpc) is 2.29. The van der Waals surface area contributed by atoms with Gasteiger partial charge in [-0.3, -0.25) is 0 Å². The molecule has 0 saturated carbocycles. The number of hydrogen-bond acceptors (Lipinski definition) is 1. The molecule has 0 unspecified atom stereocenters. The third-order valence-electron chi connectivity index (χ3n) is 2.91. The maximum atomic E-state index is 10.9. The molecule has 1 N–H and O–H groups in total. The first-order valence-electron chi connectivity index (χ1n) is 5.49. The van der Waals surface area contributed by atoms with Gasteiger partial charge in [-0.05, 0) is 42.2 Å². The highest BCUT2D eigenvalue weighted by Crippen LogP contribution is 2.25. The highest BCUT2D eigenvalue weighted by molar-refractivity contribution is 5.90. The summed E-state index contributed by atoms with van der Waals surface area (Å²) >= 11 is 0. The van der Waals surface area contributed by atoms with Gasteiger partial charge in [0.1, 0.15) is 0 Å². The van der Waals surface area contributed by atoms with E-state index in [2.05, 4.69) is 13.0 Å². The molecule has 0 aliphatic heterocycles. The number of carbonyl (C=O) groups is 1. The highest BCUT2D eigenvalue weighted by atomic mass is 16.4. The minimum atomic E-state index is -0.876. The van der Waals surface area contributed by atoms with E-state index in [4.69, 9.17) is 5.11 Å². The summed E-state index contributed by atoms with van der Waals surface area (Å²) in [6, 6.07) is 13.5. The van der Waals surface area contributed by atoms with Gasteiger partial charge in [-0.25, -0.2) is 4.79 Å². The predicted octanol–water partition coefficient (Wildman–Crippen LogP) is 3.67. The molecule has 0 amide bonds. The first kappa shape index (κ1) is 11.4. The molecule has 2 nitrogen and oxygen atoms in total. The summed E-state index contributed by atoms with van der Waals surface area (Å²) in [5, 5.41) is 8.98. The van der Waals surface area contributed by atoms with Gasteiger partial charge in [0.05, 0.1) is 5.56 Å². The van der Waals surface area contributed by atoms with Crippen molar-refractivity contribution in [3.8, 4) is 11.1 Å². The first-order valence-corrected chi connectivity index (χ1v) is 5.49. The molecule has 2 heteroatoms. The maximum Gasteiger partial charge on any atom is 0.335 e. The molecule has 2 rings (SSSR count). The normalized spacial score (nSPS) is 10.2. The Hall–Kier alpha value is -2.09. The van der Waals surface area contributed by atoms with Crippen molar-refractivity contribution >= 4 is 5.97 Å². The summed E-state index contributed by atoms with van der Waals surface area (Å²) in [6.45, 7) is 3.88. The summed E-state index contributed by atoms with van der Waals surface area (Å²) in [4.78, 5) is 10.9. The van der Waals surface area contributed by atoms with Gasteiger partial charge >= 0.3 is 5.97 Å². The molecule has 2 aromatic rings. The monoisotopic (exact) mass is 226 g/mol. The summed E-state index contributed by atoms with van der Waals surface area (Å²) in [5.74, 6) is -0.876. The molecular weight excluding hydrogens is 212 g/mol. The lowest BCUT2D eigenvalue weighted by Crippen LogP contribution is -1.99. The van der Waals surface area contributed by atoms with Gasteiger partial charge in [-0.1, -0.05) is 36.4 Å². The van der Waals surface area contributed by atoms with E-state index >= 15 is 0 Å². The first-order chi connectivity index (χ1) is 8.09. The number of carboxylic acids is 1. The molecule has 0 radical (unpaired) electrons. The molecule has 0 heterocycles. The van der Waals surface area contributed by atoms with Crippen LogP contribution in [0, 0.1) is 13.8 Å². The van der Waals surface area contributed by atoms with Crippen molar-refractivity contribution in [1.82, 2.24) is 0 Å². The van der Waals surface area contributed by atoms with E-state index in [1.807, 2.05) is 37.3 Å². The fraction of sp³-hybridized carbons (Fsp3) is 0.133. The third-order valence-corrected chi connectivity index (χ3v) is 2.91. The van der Waals surface area contributed by atoms with Crippen LogP contribution in [0.2, 0.25) is 0 Å². The van der Waals surface area contributed by atoms with Crippen LogP contribution in [0.5, 0.6) is 0 Å². The van der Waals surface area contributed by atoms with Crippen LogP contribution >= 0.6 is 0 Å². The molecule has 2 aromatic carbocycles. The van der Waals surface area contributed by atoms with Crippen LogP contribution in [0.25, 0.3) is 11.1 Å². The number of aryl methyl sites for hydroxylation is 2. The Bertz CT molecular complexity index is 571. The number of benzene rings is 2. The smallest absolute Gasteiger partial charge is 0.335 e. The molecule has 0 spiro atoms. The predicted molar refractivity (Wildman–Crippen MR) is 68.3 cm³/mol. The lowest BCUT2D eigenvalue weighted by molar-refractivity contribution is 0.0696. The van der Waals surface area contributed by atoms with Crippen molar-refractivity contribution in [2.45, 2.75) is 13.8 Å². The molecule has 0 bridgehead atoms. The Kier molecular flexibility index (Phi) is 2.96. The van der Waals surface area contributed by atoms with Crippen molar-refractivity contribution < 1.29 is 9.90 Å².